The molecule has 1 atom stereocenters. The number of aliphatic hydroxyl groups is 1. The second-order valence-corrected chi connectivity index (χ2v) is 5.84. The number of likely N-dealkylation sites (tertiary alicyclic amines) is 1. The number of rotatable bonds is 5. The van der Waals surface area contributed by atoms with E-state index in [1.165, 1.54) is 12.1 Å². The lowest BCUT2D eigenvalue weighted by Gasteiger charge is -2.30. The normalized spacial score (nSPS) is 19.5. The third-order valence-electron chi connectivity index (χ3n) is 3.98. The predicted octanol–water partition coefficient (Wildman–Crippen LogP) is 2.00. The molecule has 118 valence electrons. The predicted molar refractivity (Wildman–Crippen MR) is 78.6 cm³/mol. The number of benzene rings is 1. The number of aromatic nitrogens is 2. The first-order valence-electron chi connectivity index (χ1n) is 7.62. The van der Waals surface area contributed by atoms with Crippen molar-refractivity contribution in [1.82, 2.24) is 15.0 Å². The average molecular weight is 305 g/mol. The zero-order valence-electron chi connectivity index (χ0n) is 12.4. The Morgan fingerprint density at radius 2 is 2.32 bits per heavy atom. The zero-order chi connectivity index (χ0) is 15.4. The molecule has 0 amide bonds. The highest BCUT2D eigenvalue weighted by Gasteiger charge is 2.21. The van der Waals surface area contributed by atoms with Crippen LogP contribution in [0.2, 0.25) is 0 Å². The molecule has 0 radical (unpaired) electrons. The van der Waals surface area contributed by atoms with Crippen LogP contribution in [0.5, 0.6) is 0 Å². The lowest BCUT2D eigenvalue weighted by Crippen LogP contribution is -2.36. The van der Waals surface area contributed by atoms with Crippen LogP contribution < -0.4 is 0 Å². The Morgan fingerprint density at radius 1 is 1.41 bits per heavy atom. The molecular formula is C16H20FN3O2. The fourth-order valence-electron chi connectivity index (χ4n) is 2.89. The van der Waals surface area contributed by atoms with Gasteiger partial charge < -0.3 is 9.63 Å². The third-order valence-corrected chi connectivity index (χ3v) is 3.98. The Hall–Kier alpha value is -1.79. The number of piperidine rings is 1. The maximum atomic E-state index is 13.2. The highest BCUT2D eigenvalue weighted by atomic mass is 19.1. The summed E-state index contributed by atoms with van der Waals surface area (Å²) >= 11 is 0. The molecule has 0 aliphatic carbocycles. The van der Waals surface area contributed by atoms with Crippen LogP contribution in [0.3, 0.4) is 0 Å². The van der Waals surface area contributed by atoms with Gasteiger partial charge in [-0.2, -0.15) is 4.98 Å². The van der Waals surface area contributed by atoms with Crippen molar-refractivity contribution < 1.29 is 14.0 Å². The number of aliphatic hydroxyl groups excluding tert-OH is 1. The monoisotopic (exact) mass is 305 g/mol. The zero-order valence-corrected chi connectivity index (χ0v) is 12.4. The van der Waals surface area contributed by atoms with E-state index in [1.54, 1.807) is 6.07 Å². The minimum Gasteiger partial charge on any atom is -0.396 e. The summed E-state index contributed by atoms with van der Waals surface area (Å²) in [6, 6.07) is 6.41. The van der Waals surface area contributed by atoms with Crippen molar-refractivity contribution in [3.05, 3.63) is 47.4 Å². The standard InChI is InChI=1S/C16H20FN3O2/c17-14-5-1-3-12(7-14)8-15-18-16(22-19-15)10-20-6-2-4-13(9-20)11-21/h1,3,5,7,13,21H,2,4,6,8-11H2. The minimum absolute atomic E-state index is 0.227. The molecule has 1 unspecified atom stereocenters. The third kappa shape index (κ3) is 3.90. The van der Waals surface area contributed by atoms with Crippen LogP contribution in [0.25, 0.3) is 0 Å². The van der Waals surface area contributed by atoms with Crippen molar-refractivity contribution in [2.45, 2.75) is 25.8 Å². The SMILES string of the molecule is OCC1CCCN(Cc2nc(Cc3cccc(F)c3)no2)C1. The Kier molecular flexibility index (Phi) is 4.80. The molecule has 1 saturated heterocycles. The van der Waals surface area contributed by atoms with Crippen molar-refractivity contribution in [2.24, 2.45) is 5.92 Å². The van der Waals surface area contributed by atoms with E-state index in [9.17, 15) is 9.50 Å². The van der Waals surface area contributed by atoms with Gasteiger partial charge in [0.1, 0.15) is 5.82 Å². The molecule has 0 saturated carbocycles. The average Bonchev–Trinajstić information content (AvgIpc) is 2.94. The van der Waals surface area contributed by atoms with Crippen LogP contribution in [-0.2, 0) is 13.0 Å². The Labute approximate surface area is 128 Å². The molecule has 3 rings (SSSR count). The fraction of sp³-hybridized carbons (Fsp3) is 0.500. The van der Waals surface area contributed by atoms with Gasteiger partial charge in [0.2, 0.25) is 5.89 Å². The maximum Gasteiger partial charge on any atom is 0.240 e. The van der Waals surface area contributed by atoms with Crippen LogP contribution in [0.1, 0.15) is 30.1 Å². The highest BCUT2D eigenvalue weighted by Crippen LogP contribution is 2.18. The van der Waals surface area contributed by atoms with Gasteiger partial charge in [-0.05, 0) is 43.0 Å². The van der Waals surface area contributed by atoms with Crippen molar-refractivity contribution in [2.75, 3.05) is 19.7 Å². The minimum atomic E-state index is -0.260. The maximum absolute atomic E-state index is 13.2. The van der Waals surface area contributed by atoms with Crippen molar-refractivity contribution >= 4 is 0 Å². The molecule has 1 aliphatic rings. The lowest BCUT2D eigenvalue weighted by molar-refractivity contribution is 0.107. The van der Waals surface area contributed by atoms with Crippen molar-refractivity contribution in [1.29, 1.82) is 0 Å². The van der Waals surface area contributed by atoms with Gasteiger partial charge in [-0.1, -0.05) is 17.3 Å². The summed E-state index contributed by atoms with van der Waals surface area (Å²) in [4.78, 5) is 6.60. The summed E-state index contributed by atoms with van der Waals surface area (Å²) in [7, 11) is 0. The molecule has 0 bridgehead atoms. The van der Waals surface area contributed by atoms with Crippen molar-refractivity contribution in [3.63, 3.8) is 0 Å². The van der Waals surface area contributed by atoms with Crippen LogP contribution in [-0.4, -0.2) is 39.8 Å². The molecule has 0 spiro atoms. The molecule has 1 aliphatic heterocycles. The second-order valence-electron chi connectivity index (χ2n) is 5.84. The van der Waals surface area contributed by atoms with Gasteiger partial charge in [0.25, 0.3) is 0 Å². The molecule has 1 aromatic heterocycles. The number of hydrogen-bond donors (Lipinski definition) is 1. The highest BCUT2D eigenvalue weighted by molar-refractivity contribution is 5.19. The molecule has 1 aromatic carbocycles. The van der Waals surface area contributed by atoms with Crippen LogP contribution in [0.4, 0.5) is 4.39 Å². The molecule has 5 nitrogen and oxygen atoms in total. The van der Waals surface area contributed by atoms with E-state index in [-0.39, 0.29) is 12.4 Å². The molecule has 2 aromatic rings. The summed E-state index contributed by atoms with van der Waals surface area (Å²) < 4.78 is 18.4. The van der Waals surface area contributed by atoms with Crippen LogP contribution >= 0.6 is 0 Å². The second kappa shape index (κ2) is 6.98. The van der Waals surface area contributed by atoms with Crippen LogP contribution in [0, 0.1) is 11.7 Å². The quantitative estimate of drug-likeness (QED) is 0.915. The van der Waals surface area contributed by atoms with E-state index in [0.717, 1.165) is 31.5 Å². The molecule has 6 heteroatoms. The topological polar surface area (TPSA) is 62.4 Å². The molecule has 1 N–H and O–H groups in total. The number of nitrogens with zero attached hydrogens (tertiary/aromatic N) is 3. The van der Waals surface area contributed by atoms with Crippen molar-refractivity contribution in [3.8, 4) is 0 Å². The summed E-state index contributed by atoms with van der Waals surface area (Å²) in [5.41, 5.74) is 0.825. The summed E-state index contributed by atoms with van der Waals surface area (Å²) in [5.74, 6) is 1.22. The van der Waals surface area contributed by atoms with E-state index >= 15 is 0 Å². The Bertz CT molecular complexity index is 617. The van der Waals surface area contributed by atoms with Gasteiger partial charge in [-0.3, -0.25) is 4.90 Å². The van der Waals surface area contributed by atoms with Gasteiger partial charge >= 0.3 is 0 Å². The van der Waals surface area contributed by atoms with E-state index in [4.69, 9.17) is 4.52 Å². The van der Waals surface area contributed by atoms with Gasteiger partial charge in [0.05, 0.1) is 6.54 Å². The van der Waals surface area contributed by atoms with Gasteiger partial charge in [0, 0.05) is 19.6 Å². The molecule has 1 fully saturated rings. The van der Waals surface area contributed by atoms with E-state index in [0.29, 0.717) is 30.6 Å². The lowest BCUT2D eigenvalue weighted by atomic mass is 9.99. The Morgan fingerprint density at radius 3 is 3.14 bits per heavy atom. The smallest absolute Gasteiger partial charge is 0.240 e. The summed E-state index contributed by atoms with van der Waals surface area (Å²) in [6.07, 6.45) is 2.61. The molecular weight excluding hydrogens is 285 g/mol. The fourth-order valence-corrected chi connectivity index (χ4v) is 2.89. The van der Waals surface area contributed by atoms with Crippen LogP contribution in [0.15, 0.2) is 28.8 Å². The first-order chi connectivity index (χ1) is 10.7. The number of hydrogen-bond acceptors (Lipinski definition) is 5. The summed E-state index contributed by atoms with van der Waals surface area (Å²) in [6.45, 7) is 2.67. The largest absolute Gasteiger partial charge is 0.396 e. The Balaban J connectivity index is 1.59. The van der Waals surface area contributed by atoms with Gasteiger partial charge in [-0.25, -0.2) is 4.39 Å². The first-order valence-corrected chi connectivity index (χ1v) is 7.62. The van der Waals surface area contributed by atoms with Gasteiger partial charge in [0.15, 0.2) is 5.82 Å². The molecule has 2 heterocycles. The van der Waals surface area contributed by atoms with E-state index < -0.39 is 0 Å². The number of halogens is 1. The van der Waals surface area contributed by atoms with E-state index in [2.05, 4.69) is 15.0 Å². The first kappa shape index (κ1) is 15.1. The summed E-state index contributed by atoms with van der Waals surface area (Å²) in [5, 5.41) is 13.2. The van der Waals surface area contributed by atoms with Gasteiger partial charge in [-0.15, -0.1) is 0 Å². The van der Waals surface area contributed by atoms with E-state index in [1.807, 2.05) is 6.07 Å². The molecule has 22 heavy (non-hydrogen) atoms.